The number of likely N-dealkylation sites (N-methyl/N-ethyl adjacent to an activating group) is 1. The fourth-order valence-electron chi connectivity index (χ4n) is 2.79. The van der Waals surface area contributed by atoms with E-state index in [9.17, 15) is 13.2 Å². The number of nitrogens with two attached hydrogens (primary N) is 1. The van der Waals surface area contributed by atoms with E-state index in [1.54, 1.807) is 48.8 Å². The fourth-order valence-corrected chi connectivity index (χ4v) is 4.11. The van der Waals surface area contributed by atoms with Gasteiger partial charge in [0.15, 0.2) is 0 Å². The molecule has 3 rings (SSSR count). The summed E-state index contributed by atoms with van der Waals surface area (Å²) in [6.07, 6.45) is 3.18. The van der Waals surface area contributed by atoms with E-state index in [1.165, 1.54) is 35.6 Å². The molecule has 0 spiro atoms. The Kier molecular flexibility index (Phi) is 6.84. The molecule has 3 N–H and O–H groups in total. The Bertz CT molecular complexity index is 1110. The van der Waals surface area contributed by atoms with Gasteiger partial charge in [0.1, 0.15) is 0 Å². The van der Waals surface area contributed by atoms with Gasteiger partial charge in [0.2, 0.25) is 10.0 Å². The van der Waals surface area contributed by atoms with Gasteiger partial charge in [-0.25, -0.2) is 8.42 Å². The van der Waals surface area contributed by atoms with Crippen LogP contribution in [-0.2, 0) is 10.0 Å². The van der Waals surface area contributed by atoms with Crippen molar-refractivity contribution in [1.29, 1.82) is 0 Å². The summed E-state index contributed by atoms with van der Waals surface area (Å²) in [6.45, 7) is 0.0769. The number of aromatic nitrogens is 1. The van der Waals surface area contributed by atoms with Gasteiger partial charge in [-0.15, -0.1) is 0 Å². The van der Waals surface area contributed by atoms with Crippen LogP contribution in [0, 0.1) is 0 Å². The number of nitrogens with zero attached hydrogens (tertiary/aromatic N) is 2. The number of hydrogen-bond acceptors (Lipinski definition) is 5. The molecule has 1 aromatic heterocycles. The number of sulfonamides is 1. The molecule has 1 amide bonds. The molecule has 0 aliphatic rings. The summed E-state index contributed by atoms with van der Waals surface area (Å²) in [5.74, 6) is -0.260. The number of carbonyl (C=O) groups is 1. The number of pyridine rings is 1. The minimum Gasteiger partial charge on any atom is -0.323 e. The van der Waals surface area contributed by atoms with Gasteiger partial charge in [-0.1, -0.05) is 23.7 Å². The molecule has 1 atom stereocenters. The Morgan fingerprint density at radius 1 is 1.07 bits per heavy atom. The molecular weight excluding hydrogens is 424 g/mol. The van der Waals surface area contributed by atoms with Crippen LogP contribution in [-0.4, -0.2) is 37.2 Å². The van der Waals surface area contributed by atoms with E-state index >= 15 is 0 Å². The van der Waals surface area contributed by atoms with Crippen molar-refractivity contribution in [2.45, 2.75) is 10.9 Å². The highest BCUT2D eigenvalue weighted by Gasteiger charge is 2.23. The number of rotatable bonds is 7. The lowest BCUT2D eigenvalue weighted by molar-refractivity contribution is 0.102. The Labute approximate surface area is 180 Å². The van der Waals surface area contributed by atoms with Gasteiger partial charge in [0, 0.05) is 48.3 Å². The highest BCUT2D eigenvalue weighted by atomic mass is 35.5. The molecule has 7 nitrogen and oxygen atoms in total. The second kappa shape index (κ2) is 9.36. The first-order valence-electron chi connectivity index (χ1n) is 9.06. The number of nitrogens with one attached hydrogen (secondary N) is 1. The zero-order valence-electron chi connectivity index (χ0n) is 16.2. The lowest BCUT2D eigenvalue weighted by atomic mass is 10.1. The predicted molar refractivity (Wildman–Crippen MR) is 117 cm³/mol. The van der Waals surface area contributed by atoms with Crippen molar-refractivity contribution >= 4 is 33.2 Å². The third-order valence-corrected chi connectivity index (χ3v) is 6.60. The molecule has 0 aliphatic carbocycles. The first-order chi connectivity index (χ1) is 14.3. The van der Waals surface area contributed by atoms with Crippen molar-refractivity contribution in [1.82, 2.24) is 9.29 Å². The summed E-state index contributed by atoms with van der Waals surface area (Å²) in [5.41, 5.74) is 8.03. The summed E-state index contributed by atoms with van der Waals surface area (Å²) in [7, 11) is -2.22. The minimum absolute atomic E-state index is 0.0769. The molecule has 1 unspecified atom stereocenters. The molecule has 0 radical (unpaired) electrons. The van der Waals surface area contributed by atoms with Crippen LogP contribution < -0.4 is 11.1 Å². The second-order valence-electron chi connectivity index (χ2n) is 6.66. The van der Waals surface area contributed by atoms with Crippen LogP contribution in [0.4, 0.5) is 5.69 Å². The van der Waals surface area contributed by atoms with Crippen molar-refractivity contribution in [3.05, 3.63) is 89.2 Å². The Morgan fingerprint density at radius 2 is 1.67 bits per heavy atom. The van der Waals surface area contributed by atoms with Gasteiger partial charge >= 0.3 is 0 Å². The van der Waals surface area contributed by atoms with Gasteiger partial charge in [-0.2, -0.15) is 4.31 Å². The minimum atomic E-state index is -3.69. The largest absolute Gasteiger partial charge is 0.323 e. The molecule has 30 heavy (non-hydrogen) atoms. The zero-order valence-corrected chi connectivity index (χ0v) is 17.8. The zero-order chi connectivity index (χ0) is 21.7. The first-order valence-corrected chi connectivity index (χ1v) is 10.9. The van der Waals surface area contributed by atoms with Crippen molar-refractivity contribution in [2.75, 3.05) is 18.9 Å². The number of anilines is 1. The van der Waals surface area contributed by atoms with Crippen LogP contribution in [0.25, 0.3) is 0 Å². The maximum atomic E-state index is 12.7. The second-order valence-corrected chi connectivity index (χ2v) is 9.14. The average Bonchev–Trinajstić information content (AvgIpc) is 2.74. The van der Waals surface area contributed by atoms with E-state index in [1.807, 2.05) is 0 Å². The van der Waals surface area contributed by atoms with E-state index < -0.39 is 16.1 Å². The summed E-state index contributed by atoms with van der Waals surface area (Å²) in [5, 5.41) is 3.23. The molecule has 3 aromatic rings. The summed E-state index contributed by atoms with van der Waals surface area (Å²) in [4.78, 5) is 16.4. The maximum Gasteiger partial charge on any atom is 0.255 e. The van der Waals surface area contributed by atoms with Crippen LogP contribution in [0.15, 0.2) is 78.0 Å². The van der Waals surface area contributed by atoms with E-state index in [2.05, 4.69) is 10.3 Å². The third kappa shape index (κ3) is 5.22. The third-order valence-electron chi connectivity index (χ3n) is 4.51. The number of halogens is 1. The molecule has 0 saturated heterocycles. The molecule has 9 heteroatoms. The smallest absolute Gasteiger partial charge is 0.255 e. The van der Waals surface area contributed by atoms with Crippen molar-refractivity contribution < 1.29 is 13.2 Å². The van der Waals surface area contributed by atoms with E-state index in [0.29, 0.717) is 21.8 Å². The SMILES string of the molecule is CN(CC(N)c1ccc(C(=O)Nc2ccncc2)cc1)S(=O)(=O)c1ccc(Cl)cc1. The molecule has 0 saturated carbocycles. The van der Waals surface area contributed by atoms with Crippen LogP contribution in [0.1, 0.15) is 22.0 Å². The normalized spacial score (nSPS) is 12.5. The number of amides is 1. The van der Waals surface area contributed by atoms with E-state index in [4.69, 9.17) is 17.3 Å². The number of hydrogen-bond donors (Lipinski definition) is 2. The Morgan fingerprint density at radius 3 is 2.27 bits per heavy atom. The quantitative estimate of drug-likeness (QED) is 0.581. The number of carbonyl (C=O) groups excluding carboxylic acids is 1. The summed E-state index contributed by atoms with van der Waals surface area (Å²) in [6, 6.07) is 15.5. The topological polar surface area (TPSA) is 105 Å². The van der Waals surface area contributed by atoms with Gasteiger partial charge in [0.05, 0.1) is 4.90 Å². The van der Waals surface area contributed by atoms with Gasteiger partial charge in [-0.3, -0.25) is 9.78 Å². The lowest BCUT2D eigenvalue weighted by Gasteiger charge is -2.21. The van der Waals surface area contributed by atoms with Crippen molar-refractivity contribution in [3.63, 3.8) is 0 Å². The fraction of sp³-hybridized carbons (Fsp3) is 0.143. The molecule has 2 aromatic carbocycles. The highest BCUT2D eigenvalue weighted by Crippen LogP contribution is 2.20. The summed E-state index contributed by atoms with van der Waals surface area (Å²) < 4.78 is 26.6. The Balaban J connectivity index is 1.66. The van der Waals surface area contributed by atoms with Gasteiger partial charge < -0.3 is 11.1 Å². The standard InChI is InChI=1S/C21H21ClN4O3S/c1-26(30(28,29)19-8-6-17(22)7-9-19)14-20(23)15-2-4-16(5-3-15)21(27)25-18-10-12-24-13-11-18/h2-13,20H,14,23H2,1H3,(H,24,25,27). The molecule has 0 bridgehead atoms. The van der Waals surface area contributed by atoms with Crippen LogP contribution in [0.2, 0.25) is 5.02 Å². The van der Waals surface area contributed by atoms with Crippen molar-refractivity contribution in [2.24, 2.45) is 5.73 Å². The lowest BCUT2D eigenvalue weighted by Crippen LogP contribution is -2.34. The molecular formula is C21H21ClN4O3S. The molecule has 0 aliphatic heterocycles. The molecule has 156 valence electrons. The van der Waals surface area contributed by atoms with Crippen molar-refractivity contribution in [3.8, 4) is 0 Å². The highest BCUT2D eigenvalue weighted by molar-refractivity contribution is 7.89. The molecule has 0 fully saturated rings. The predicted octanol–water partition coefficient (Wildman–Crippen LogP) is 3.31. The summed E-state index contributed by atoms with van der Waals surface area (Å²) >= 11 is 5.83. The van der Waals surface area contributed by atoms with Crippen LogP contribution in [0.5, 0.6) is 0 Å². The Hall–Kier alpha value is -2.78. The average molecular weight is 445 g/mol. The maximum absolute atomic E-state index is 12.7. The van der Waals surface area contributed by atoms with Gasteiger partial charge in [0.25, 0.3) is 5.91 Å². The first kappa shape index (κ1) is 21.9. The van der Waals surface area contributed by atoms with Crippen LogP contribution >= 0.6 is 11.6 Å². The van der Waals surface area contributed by atoms with E-state index in [0.717, 1.165) is 0 Å². The van der Waals surface area contributed by atoms with Crippen LogP contribution in [0.3, 0.4) is 0 Å². The molecule has 1 heterocycles. The van der Waals surface area contributed by atoms with E-state index in [-0.39, 0.29) is 17.3 Å². The van der Waals surface area contributed by atoms with Gasteiger partial charge in [-0.05, 0) is 54.1 Å². The number of benzene rings is 2. The monoisotopic (exact) mass is 444 g/mol.